The van der Waals surface area contributed by atoms with Crippen LogP contribution >= 0.6 is 11.6 Å². The van der Waals surface area contributed by atoms with Gasteiger partial charge in [0, 0.05) is 52.9 Å². The molecule has 0 spiro atoms. The van der Waals surface area contributed by atoms with Crippen LogP contribution < -0.4 is 10.1 Å². The Morgan fingerprint density at radius 2 is 1.84 bits per heavy atom. The van der Waals surface area contributed by atoms with Gasteiger partial charge >= 0.3 is 0 Å². The number of aromatic nitrogens is 2. The number of piperidine rings is 1. The summed E-state index contributed by atoms with van der Waals surface area (Å²) in [5.74, 6) is -0.117. The third-order valence-electron chi connectivity index (χ3n) is 6.91. The topological polar surface area (TPSA) is 87.3 Å². The molecule has 4 aromatic rings. The van der Waals surface area contributed by atoms with E-state index < -0.39 is 6.10 Å². The van der Waals surface area contributed by atoms with Crippen molar-refractivity contribution in [2.75, 3.05) is 18.4 Å². The molecule has 9 heteroatoms. The normalized spacial score (nSPS) is 16.9. The molecule has 1 fully saturated rings. The Hall–Kier alpha value is -3.91. The molecule has 2 aromatic heterocycles. The summed E-state index contributed by atoms with van der Waals surface area (Å²) in [5.41, 5.74) is 3.71. The van der Waals surface area contributed by atoms with E-state index >= 15 is 0 Å². The Bertz CT molecular complexity index is 1510. The van der Waals surface area contributed by atoms with E-state index in [0.29, 0.717) is 39.6 Å². The zero-order valence-electron chi connectivity index (χ0n) is 19.9. The fourth-order valence-electron chi connectivity index (χ4n) is 5.10. The first-order valence-corrected chi connectivity index (χ1v) is 12.7. The van der Waals surface area contributed by atoms with Crippen molar-refractivity contribution in [3.8, 4) is 16.9 Å². The van der Waals surface area contributed by atoms with E-state index in [2.05, 4.69) is 15.3 Å². The van der Waals surface area contributed by atoms with Gasteiger partial charge in [0.25, 0.3) is 11.8 Å². The van der Waals surface area contributed by atoms with Gasteiger partial charge in [-0.15, -0.1) is 0 Å². The number of halogens is 2. The van der Waals surface area contributed by atoms with E-state index in [4.69, 9.17) is 16.3 Å². The third-order valence-corrected chi connectivity index (χ3v) is 7.13. The molecule has 188 valence electrons. The highest BCUT2D eigenvalue weighted by Gasteiger charge is 2.35. The van der Waals surface area contributed by atoms with Crippen molar-refractivity contribution in [3.05, 3.63) is 76.8 Å². The van der Waals surface area contributed by atoms with E-state index in [1.54, 1.807) is 12.3 Å². The van der Waals surface area contributed by atoms with E-state index in [1.807, 2.05) is 23.1 Å². The maximum Gasteiger partial charge on any atom is 0.272 e. The quantitative estimate of drug-likeness (QED) is 0.368. The molecule has 1 atom stereocenters. The highest BCUT2D eigenvalue weighted by Crippen LogP contribution is 2.43. The molecule has 37 heavy (non-hydrogen) atoms. The lowest BCUT2D eigenvalue weighted by atomic mass is 9.99. The van der Waals surface area contributed by atoms with Crippen LogP contribution in [0.4, 0.5) is 10.1 Å². The summed E-state index contributed by atoms with van der Waals surface area (Å²) in [6, 6.07) is 12.8. The average Bonchev–Trinajstić information content (AvgIpc) is 3.54. The molecule has 2 N–H and O–H groups in total. The molecule has 6 rings (SSSR count). The number of hydrogen-bond acceptors (Lipinski definition) is 4. The highest BCUT2D eigenvalue weighted by molar-refractivity contribution is 6.31. The Kier molecular flexibility index (Phi) is 6.04. The molecule has 7 nitrogen and oxygen atoms in total. The summed E-state index contributed by atoms with van der Waals surface area (Å²) in [7, 11) is 0. The predicted molar refractivity (Wildman–Crippen MR) is 139 cm³/mol. The number of nitrogens with one attached hydrogen (secondary N) is 2. The van der Waals surface area contributed by atoms with Crippen molar-refractivity contribution in [2.24, 2.45) is 0 Å². The zero-order chi connectivity index (χ0) is 25.5. The summed E-state index contributed by atoms with van der Waals surface area (Å²) in [6.45, 7) is 1.53. The number of carbonyl (C=O) groups excluding carboxylic acids is 2. The van der Waals surface area contributed by atoms with Gasteiger partial charge in [0.05, 0.1) is 0 Å². The molecule has 4 heterocycles. The minimum Gasteiger partial charge on any atom is -0.479 e. The molecule has 1 unspecified atom stereocenters. The van der Waals surface area contributed by atoms with E-state index in [1.165, 1.54) is 24.3 Å². The van der Waals surface area contributed by atoms with Gasteiger partial charge in [-0.1, -0.05) is 11.6 Å². The van der Waals surface area contributed by atoms with Gasteiger partial charge in [0.15, 0.2) is 6.10 Å². The molecule has 2 amide bonds. The number of fused-ring (bicyclic) bond motifs is 2. The molecule has 0 bridgehead atoms. The van der Waals surface area contributed by atoms with Crippen LogP contribution in [0.5, 0.6) is 5.75 Å². The Morgan fingerprint density at radius 1 is 1.05 bits per heavy atom. The Labute approximate surface area is 217 Å². The highest BCUT2D eigenvalue weighted by atomic mass is 35.5. The number of aromatic amines is 1. The van der Waals surface area contributed by atoms with Crippen LogP contribution in [0.15, 0.2) is 54.7 Å². The third kappa shape index (κ3) is 4.53. The van der Waals surface area contributed by atoms with E-state index in [9.17, 15) is 14.0 Å². The number of anilines is 1. The van der Waals surface area contributed by atoms with Crippen LogP contribution in [0, 0.1) is 5.82 Å². The van der Waals surface area contributed by atoms with Crippen LogP contribution in [0.3, 0.4) is 0 Å². The number of pyridine rings is 1. The summed E-state index contributed by atoms with van der Waals surface area (Å²) in [6.07, 6.45) is 4.71. The molecule has 0 saturated carbocycles. The first-order chi connectivity index (χ1) is 18.0. The number of rotatable bonds is 4. The number of ether oxygens (including phenoxy) is 1. The summed E-state index contributed by atoms with van der Waals surface area (Å²) >= 11 is 6.50. The van der Waals surface area contributed by atoms with Crippen LogP contribution in [-0.4, -0.2) is 45.9 Å². The van der Waals surface area contributed by atoms with Gasteiger partial charge in [-0.3, -0.25) is 9.59 Å². The molecule has 2 aliphatic heterocycles. The zero-order valence-corrected chi connectivity index (χ0v) is 20.6. The number of likely N-dealkylation sites (tertiary alicyclic amines) is 1. The number of carbonyl (C=O) groups is 2. The average molecular weight is 519 g/mol. The fourth-order valence-corrected chi connectivity index (χ4v) is 5.34. The number of nitrogens with zero attached hydrogens (tertiary/aromatic N) is 2. The number of H-pyrrole nitrogens is 1. The van der Waals surface area contributed by atoms with Crippen molar-refractivity contribution < 1.29 is 18.7 Å². The lowest BCUT2D eigenvalue weighted by Crippen LogP contribution is -2.43. The number of benzene rings is 2. The second kappa shape index (κ2) is 9.52. The molecular weight excluding hydrogens is 495 g/mol. The predicted octanol–water partition coefficient (Wildman–Crippen LogP) is 5.59. The van der Waals surface area contributed by atoms with Gasteiger partial charge in [-0.25, -0.2) is 9.37 Å². The monoisotopic (exact) mass is 518 g/mol. The van der Waals surface area contributed by atoms with Crippen molar-refractivity contribution in [3.63, 3.8) is 0 Å². The lowest BCUT2D eigenvalue weighted by molar-refractivity contribution is -0.138. The van der Waals surface area contributed by atoms with Gasteiger partial charge in [0.2, 0.25) is 0 Å². The van der Waals surface area contributed by atoms with Gasteiger partial charge in [-0.05, 0) is 73.4 Å². The van der Waals surface area contributed by atoms with Crippen LogP contribution in [0.2, 0.25) is 5.02 Å². The first-order valence-electron chi connectivity index (χ1n) is 12.3. The van der Waals surface area contributed by atoms with Gasteiger partial charge < -0.3 is 19.9 Å². The second-order valence-corrected chi connectivity index (χ2v) is 9.84. The van der Waals surface area contributed by atoms with Crippen molar-refractivity contribution in [1.82, 2.24) is 14.9 Å². The van der Waals surface area contributed by atoms with Gasteiger partial charge in [0.1, 0.15) is 22.9 Å². The minimum atomic E-state index is -0.578. The molecular formula is C28H24ClFN4O3. The molecule has 0 aliphatic carbocycles. The fraction of sp³-hybridized carbons (Fsp3) is 0.250. The van der Waals surface area contributed by atoms with Crippen molar-refractivity contribution in [1.29, 1.82) is 0 Å². The van der Waals surface area contributed by atoms with Crippen LogP contribution in [-0.2, 0) is 11.2 Å². The molecule has 2 aliphatic rings. The maximum absolute atomic E-state index is 13.2. The standard InChI is InChI=1S/C28H24ClFN4O3/c29-17-12-16-13-24(28(36)34-10-2-1-3-11-34)37-25(16)21(14-17)20-8-9-31-26-22(20)15-23(33-26)27(35)32-19-6-4-18(30)5-7-19/h4-9,12,14-15,24H,1-3,10-11,13H2,(H,31,33)(H,32,35). The maximum atomic E-state index is 13.2. The summed E-state index contributed by atoms with van der Waals surface area (Å²) in [4.78, 5) is 35.4. The lowest BCUT2D eigenvalue weighted by Gasteiger charge is -2.28. The Morgan fingerprint density at radius 3 is 2.62 bits per heavy atom. The van der Waals surface area contributed by atoms with Crippen molar-refractivity contribution >= 4 is 40.1 Å². The summed E-state index contributed by atoms with van der Waals surface area (Å²) < 4.78 is 19.5. The smallest absolute Gasteiger partial charge is 0.272 e. The van der Waals surface area contributed by atoms with E-state index in [0.717, 1.165) is 49.0 Å². The van der Waals surface area contributed by atoms with Crippen molar-refractivity contribution in [2.45, 2.75) is 31.8 Å². The Balaban J connectivity index is 1.32. The number of hydrogen-bond donors (Lipinski definition) is 2. The molecule has 2 aromatic carbocycles. The SMILES string of the molecule is O=C(Nc1ccc(F)cc1)c1cc2c(-c3cc(Cl)cc4c3OC(C(=O)N3CCCCC3)C4)ccnc2[nH]1. The number of amides is 2. The largest absolute Gasteiger partial charge is 0.479 e. The van der Waals surface area contributed by atoms with Crippen LogP contribution in [0.25, 0.3) is 22.2 Å². The second-order valence-electron chi connectivity index (χ2n) is 9.40. The minimum absolute atomic E-state index is 0.0132. The van der Waals surface area contributed by atoms with E-state index in [-0.39, 0.29) is 17.6 Å². The summed E-state index contributed by atoms with van der Waals surface area (Å²) in [5, 5.41) is 4.01. The molecule has 0 radical (unpaired) electrons. The molecule has 1 saturated heterocycles. The van der Waals surface area contributed by atoms with Crippen LogP contribution in [0.1, 0.15) is 35.3 Å². The first kappa shape index (κ1) is 23.5. The van der Waals surface area contributed by atoms with Gasteiger partial charge in [-0.2, -0.15) is 0 Å².